The van der Waals surface area contributed by atoms with Gasteiger partial charge < -0.3 is 10.4 Å². The van der Waals surface area contributed by atoms with Crippen molar-refractivity contribution in [2.24, 2.45) is 11.8 Å². The molecule has 0 aromatic rings. The van der Waals surface area contributed by atoms with Crippen LogP contribution in [0.3, 0.4) is 0 Å². The molecular weight excluding hydrogens is 257 g/mol. The highest BCUT2D eigenvalue weighted by molar-refractivity contribution is 4.85. The summed E-state index contributed by atoms with van der Waals surface area (Å²) in [6.45, 7) is 1.47. The highest BCUT2D eigenvalue weighted by Gasteiger charge is 2.34. The van der Waals surface area contributed by atoms with Crippen molar-refractivity contribution in [3.63, 3.8) is 0 Å². The van der Waals surface area contributed by atoms with Gasteiger partial charge in [0, 0.05) is 19.1 Å². The van der Waals surface area contributed by atoms with Crippen molar-refractivity contribution in [1.82, 2.24) is 10.2 Å². The van der Waals surface area contributed by atoms with Gasteiger partial charge in [-0.15, -0.1) is 0 Å². The molecule has 0 saturated heterocycles. The predicted molar refractivity (Wildman–Crippen MR) is 68.9 cm³/mol. The first-order valence-electron chi connectivity index (χ1n) is 6.93. The average Bonchev–Trinajstić information content (AvgIpc) is 2.27. The Morgan fingerprint density at radius 3 is 2.53 bits per heavy atom. The third-order valence-electron chi connectivity index (χ3n) is 3.93. The van der Waals surface area contributed by atoms with Gasteiger partial charge in [0.05, 0.1) is 13.2 Å². The normalized spacial score (nSPS) is 28.9. The zero-order valence-electron chi connectivity index (χ0n) is 11.7. The number of aliphatic hydroxyl groups is 1. The Kier molecular flexibility index (Phi) is 6.56. The van der Waals surface area contributed by atoms with Crippen LogP contribution in [0, 0.1) is 11.8 Å². The minimum atomic E-state index is -4.20. The lowest BCUT2D eigenvalue weighted by molar-refractivity contribution is -0.148. The van der Waals surface area contributed by atoms with Gasteiger partial charge in [-0.05, 0) is 38.1 Å². The van der Waals surface area contributed by atoms with Crippen molar-refractivity contribution < 1.29 is 18.3 Å². The maximum atomic E-state index is 12.5. The summed E-state index contributed by atoms with van der Waals surface area (Å²) in [7, 11) is 1.87. The van der Waals surface area contributed by atoms with E-state index in [1.807, 2.05) is 7.05 Å². The van der Waals surface area contributed by atoms with Gasteiger partial charge in [0.2, 0.25) is 0 Å². The molecule has 0 aromatic carbocycles. The van der Waals surface area contributed by atoms with E-state index in [1.54, 1.807) is 0 Å². The molecule has 0 aliphatic heterocycles. The fourth-order valence-electron chi connectivity index (χ4n) is 3.04. The Bertz CT molecular complexity index is 261. The van der Waals surface area contributed by atoms with Crippen LogP contribution in [0.5, 0.6) is 0 Å². The number of nitrogens with one attached hydrogen (secondary N) is 1. The van der Waals surface area contributed by atoms with Gasteiger partial charge in [-0.2, -0.15) is 13.2 Å². The number of halogens is 3. The fraction of sp³-hybridized carbons (Fsp3) is 1.00. The van der Waals surface area contributed by atoms with Gasteiger partial charge in [0.25, 0.3) is 0 Å². The quantitative estimate of drug-likeness (QED) is 0.780. The highest BCUT2D eigenvalue weighted by atomic mass is 19.4. The highest BCUT2D eigenvalue weighted by Crippen LogP contribution is 2.30. The monoisotopic (exact) mass is 282 g/mol. The number of hydrogen-bond donors (Lipinski definition) is 2. The Labute approximate surface area is 113 Å². The van der Waals surface area contributed by atoms with E-state index in [1.165, 1.54) is 4.90 Å². The molecule has 1 aliphatic rings. The summed E-state index contributed by atoms with van der Waals surface area (Å²) in [6.07, 6.45) is -1.11. The molecule has 0 amide bonds. The Morgan fingerprint density at radius 2 is 2.00 bits per heavy atom. The van der Waals surface area contributed by atoms with Crippen LogP contribution in [-0.4, -0.2) is 55.5 Å². The molecule has 114 valence electrons. The first-order chi connectivity index (χ1) is 8.85. The van der Waals surface area contributed by atoms with E-state index >= 15 is 0 Å². The van der Waals surface area contributed by atoms with Gasteiger partial charge in [0.15, 0.2) is 0 Å². The molecule has 0 aromatic heterocycles. The summed E-state index contributed by atoms with van der Waals surface area (Å²) in [5.41, 5.74) is 0. The Morgan fingerprint density at radius 1 is 1.32 bits per heavy atom. The van der Waals surface area contributed by atoms with E-state index in [9.17, 15) is 13.2 Å². The first kappa shape index (κ1) is 16.7. The molecule has 0 radical (unpaired) electrons. The van der Waals surface area contributed by atoms with Crippen molar-refractivity contribution in [3.05, 3.63) is 0 Å². The second-order valence-corrected chi connectivity index (χ2v) is 5.65. The SMILES string of the molecule is CNC1CCC(C)CC1CN(CCO)CC(F)(F)F. The minimum absolute atomic E-state index is 0.0842. The maximum absolute atomic E-state index is 12.5. The van der Waals surface area contributed by atoms with Crippen LogP contribution in [0.15, 0.2) is 0 Å². The summed E-state index contributed by atoms with van der Waals surface area (Å²) in [5, 5.41) is 12.1. The fourth-order valence-corrected chi connectivity index (χ4v) is 3.04. The van der Waals surface area contributed by atoms with E-state index < -0.39 is 12.7 Å². The zero-order chi connectivity index (χ0) is 14.5. The molecule has 3 atom stereocenters. The average molecular weight is 282 g/mol. The lowest BCUT2D eigenvalue weighted by Crippen LogP contribution is -2.47. The summed E-state index contributed by atoms with van der Waals surface area (Å²) in [4.78, 5) is 1.33. The second kappa shape index (κ2) is 7.45. The number of alkyl halides is 3. The number of rotatable bonds is 6. The van der Waals surface area contributed by atoms with Crippen molar-refractivity contribution >= 4 is 0 Å². The molecule has 1 saturated carbocycles. The van der Waals surface area contributed by atoms with Crippen molar-refractivity contribution in [3.8, 4) is 0 Å². The topological polar surface area (TPSA) is 35.5 Å². The van der Waals surface area contributed by atoms with Gasteiger partial charge in [-0.3, -0.25) is 4.90 Å². The van der Waals surface area contributed by atoms with Crippen LogP contribution >= 0.6 is 0 Å². The lowest BCUT2D eigenvalue weighted by atomic mass is 9.78. The largest absolute Gasteiger partial charge is 0.401 e. The number of nitrogens with zero attached hydrogens (tertiary/aromatic N) is 1. The van der Waals surface area contributed by atoms with E-state index in [0.29, 0.717) is 12.5 Å². The molecule has 1 fully saturated rings. The van der Waals surface area contributed by atoms with Crippen molar-refractivity contribution in [1.29, 1.82) is 0 Å². The standard InChI is InChI=1S/C13H25F3N2O/c1-10-3-4-12(17-2)11(7-10)8-18(5-6-19)9-13(14,15)16/h10-12,17,19H,3-9H2,1-2H3. The molecule has 3 unspecified atom stereocenters. The van der Waals surface area contributed by atoms with Crippen molar-refractivity contribution in [2.45, 2.75) is 38.4 Å². The molecule has 1 rings (SSSR count). The van der Waals surface area contributed by atoms with Crippen LogP contribution in [0.1, 0.15) is 26.2 Å². The smallest absolute Gasteiger partial charge is 0.395 e. The second-order valence-electron chi connectivity index (χ2n) is 5.65. The summed E-state index contributed by atoms with van der Waals surface area (Å²) < 4.78 is 37.5. The lowest BCUT2D eigenvalue weighted by Gasteiger charge is -2.38. The molecule has 3 nitrogen and oxygen atoms in total. The van der Waals surface area contributed by atoms with E-state index in [0.717, 1.165) is 19.3 Å². The van der Waals surface area contributed by atoms with Gasteiger partial charge in [-0.25, -0.2) is 0 Å². The predicted octanol–water partition coefficient (Wildman–Crippen LogP) is 1.87. The van der Waals surface area contributed by atoms with Crippen molar-refractivity contribution in [2.75, 3.05) is 33.3 Å². The van der Waals surface area contributed by atoms with Gasteiger partial charge in [-0.1, -0.05) is 6.92 Å². The Hall–Kier alpha value is -0.330. The molecule has 6 heteroatoms. The van der Waals surface area contributed by atoms with Crippen LogP contribution in [0.4, 0.5) is 13.2 Å². The Balaban J connectivity index is 2.59. The van der Waals surface area contributed by atoms with Crippen LogP contribution in [-0.2, 0) is 0 Å². The molecular formula is C13H25F3N2O. The molecule has 1 aliphatic carbocycles. The third-order valence-corrected chi connectivity index (χ3v) is 3.93. The zero-order valence-corrected chi connectivity index (χ0v) is 11.7. The molecule has 19 heavy (non-hydrogen) atoms. The van der Waals surface area contributed by atoms with Crippen LogP contribution in [0.2, 0.25) is 0 Å². The van der Waals surface area contributed by atoms with Crippen LogP contribution in [0.25, 0.3) is 0 Å². The molecule has 0 spiro atoms. The summed E-state index contributed by atoms with van der Waals surface area (Å²) in [6, 6.07) is 0.283. The molecule has 0 bridgehead atoms. The molecule has 0 heterocycles. The summed E-state index contributed by atoms with van der Waals surface area (Å²) >= 11 is 0. The maximum Gasteiger partial charge on any atom is 0.401 e. The van der Waals surface area contributed by atoms with E-state index in [-0.39, 0.29) is 25.1 Å². The first-order valence-corrected chi connectivity index (χ1v) is 6.93. The van der Waals surface area contributed by atoms with E-state index in [2.05, 4.69) is 12.2 Å². The van der Waals surface area contributed by atoms with Gasteiger partial charge >= 0.3 is 6.18 Å². The third kappa shape index (κ3) is 6.10. The minimum Gasteiger partial charge on any atom is -0.395 e. The summed E-state index contributed by atoms with van der Waals surface area (Å²) in [5.74, 6) is 0.791. The van der Waals surface area contributed by atoms with E-state index in [4.69, 9.17) is 5.11 Å². The number of aliphatic hydroxyl groups excluding tert-OH is 1. The van der Waals surface area contributed by atoms with Crippen LogP contribution < -0.4 is 5.32 Å². The van der Waals surface area contributed by atoms with Gasteiger partial charge in [0.1, 0.15) is 0 Å². The molecule has 2 N–H and O–H groups in total. The number of hydrogen-bond acceptors (Lipinski definition) is 3.